The fourth-order valence-electron chi connectivity index (χ4n) is 1.64. The van der Waals surface area contributed by atoms with E-state index in [9.17, 15) is 9.59 Å². The van der Waals surface area contributed by atoms with Crippen LogP contribution in [0.1, 0.15) is 46.8 Å². The summed E-state index contributed by atoms with van der Waals surface area (Å²) in [4.78, 5) is 27.1. The number of hydrogen-bond acceptors (Lipinski definition) is 4. The normalized spacial score (nSPS) is 14.7. The Morgan fingerprint density at radius 1 is 1.59 bits per heavy atom. The van der Waals surface area contributed by atoms with Gasteiger partial charge in [0.05, 0.1) is 6.61 Å². The lowest BCUT2D eigenvalue weighted by Gasteiger charge is -2.07. The highest BCUT2D eigenvalue weighted by Crippen LogP contribution is 2.39. The highest BCUT2D eigenvalue weighted by atomic mass is 79.9. The number of nitrogens with zero attached hydrogens (tertiary/aromatic N) is 2. The number of amides is 1. The van der Waals surface area contributed by atoms with Crippen molar-refractivity contribution in [1.29, 1.82) is 0 Å². The van der Waals surface area contributed by atoms with Gasteiger partial charge in [-0.15, -0.1) is 0 Å². The molecule has 1 amide bonds. The molecule has 0 spiro atoms. The number of esters is 1. The van der Waals surface area contributed by atoms with Crippen molar-refractivity contribution in [3.8, 4) is 0 Å². The molecule has 0 bridgehead atoms. The zero-order chi connectivity index (χ0) is 12.6. The van der Waals surface area contributed by atoms with E-state index in [2.05, 4.69) is 20.9 Å². The molecule has 6 nitrogen and oxygen atoms in total. The van der Waals surface area contributed by atoms with Gasteiger partial charge in [0.15, 0.2) is 16.1 Å². The lowest BCUT2D eigenvalue weighted by atomic mass is 10.3. The number of carbonyl (C=O) groups is 2. The van der Waals surface area contributed by atoms with Crippen LogP contribution < -0.4 is 5.73 Å². The third kappa shape index (κ3) is 2.19. The van der Waals surface area contributed by atoms with Crippen LogP contribution in [0.4, 0.5) is 0 Å². The molecule has 1 aromatic heterocycles. The number of halogens is 1. The minimum absolute atomic E-state index is 0.0396. The molecular weight excluding hydrogens is 290 g/mol. The Morgan fingerprint density at radius 2 is 2.24 bits per heavy atom. The molecule has 1 saturated carbocycles. The molecule has 0 atom stereocenters. The molecule has 0 aliphatic heterocycles. The summed E-state index contributed by atoms with van der Waals surface area (Å²) >= 11 is 3.23. The van der Waals surface area contributed by atoms with Gasteiger partial charge in [-0.2, -0.15) is 0 Å². The van der Waals surface area contributed by atoms with Gasteiger partial charge in [-0.1, -0.05) is 0 Å². The number of aromatic nitrogens is 2. The first-order valence-corrected chi connectivity index (χ1v) is 6.10. The molecule has 2 rings (SSSR count). The van der Waals surface area contributed by atoms with Crippen LogP contribution in [0.25, 0.3) is 0 Å². The van der Waals surface area contributed by atoms with E-state index in [1.807, 2.05) is 0 Å². The number of primary amides is 1. The largest absolute Gasteiger partial charge is 0.461 e. The van der Waals surface area contributed by atoms with Crippen molar-refractivity contribution >= 4 is 27.8 Å². The summed E-state index contributed by atoms with van der Waals surface area (Å²) in [6.07, 6.45) is 1.92. The lowest BCUT2D eigenvalue weighted by Crippen LogP contribution is -2.20. The summed E-state index contributed by atoms with van der Waals surface area (Å²) < 4.78 is 7.04. The van der Waals surface area contributed by atoms with E-state index in [0.717, 1.165) is 12.8 Å². The highest BCUT2D eigenvalue weighted by molar-refractivity contribution is 9.10. The standard InChI is InChI=1S/C10H12BrN3O3/c1-2-17-9(16)7-6(8(12)15)13-10(11)14(7)5-3-4-5/h5H,2-4H2,1H3,(H2,12,15). The molecule has 92 valence electrons. The minimum Gasteiger partial charge on any atom is -0.461 e. The molecule has 1 aliphatic carbocycles. The number of rotatable bonds is 4. The zero-order valence-corrected chi connectivity index (χ0v) is 10.9. The molecular formula is C10H12BrN3O3. The SMILES string of the molecule is CCOC(=O)c1c(C(N)=O)nc(Br)n1C1CC1. The number of ether oxygens (including phenoxy) is 1. The van der Waals surface area contributed by atoms with Crippen molar-refractivity contribution in [3.05, 3.63) is 16.1 Å². The smallest absolute Gasteiger partial charge is 0.357 e. The molecule has 7 heteroatoms. The Bertz CT molecular complexity index is 479. The van der Waals surface area contributed by atoms with Gasteiger partial charge >= 0.3 is 5.97 Å². The van der Waals surface area contributed by atoms with Crippen LogP contribution in [0.3, 0.4) is 0 Å². The Kier molecular flexibility index (Phi) is 3.19. The van der Waals surface area contributed by atoms with Gasteiger partial charge in [-0.3, -0.25) is 4.79 Å². The molecule has 1 aliphatic rings. The minimum atomic E-state index is -0.729. The predicted octanol–water partition coefficient (Wildman–Crippen LogP) is 1.26. The van der Waals surface area contributed by atoms with Gasteiger partial charge < -0.3 is 15.0 Å². The van der Waals surface area contributed by atoms with Gasteiger partial charge in [-0.05, 0) is 35.7 Å². The third-order valence-corrected chi connectivity index (χ3v) is 3.04. The van der Waals surface area contributed by atoms with E-state index in [1.165, 1.54) is 0 Å². The van der Waals surface area contributed by atoms with Crippen molar-refractivity contribution in [2.75, 3.05) is 6.61 Å². The average molecular weight is 302 g/mol. The molecule has 1 aromatic rings. The number of imidazole rings is 1. The summed E-state index contributed by atoms with van der Waals surface area (Å²) in [5.74, 6) is -1.29. The van der Waals surface area contributed by atoms with Crippen LogP contribution in [0.5, 0.6) is 0 Å². The van der Waals surface area contributed by atoms with E-state index in [0.29, 0.717) is 4.73 Å². The van der Waals surface area contributed by atoms with Crippen molar-refractivity contribution in [2.24, 2.45) is 5.73 Å². The lowest BCUT2D eigenvalue weighted by molar-refractivity contribution is 0.0509. The Hall–Kier alpha value is -1.37. The molecule has 0 radical (unpaired) electrons. The van der Waals surface area contributed by atoms with Gasteiger partial charge in [0.1, 0.15) is 0 Å². The van der Waals surface area contributed by atoms with Crippen LogP contribution in [0.15, 0.2) is 4.73 Å². The molecule has 1 fully saturated rings. The molecule has 2 N–H and O–H groups in total. The van der Waals surface area contributed by atoms with Crippen LogP contribution in [-0.4, -0.2) is 28.0 Å². The van der Waals surface area contributed by atoms with Crippen LogP contribution in [-0.2, 0) is 4.74 Å². The van der Waals surface area contributed by atoms with Crippen molar-refractivity contribution in [2.45, 2.75) is 25.8 Å². The average Bonchev–Trinajstić information content (AvgIpc) is 3.02. The van der Waals surface area contributed by atoms with Crippen molar-refractivity contribution in [1.82, 2.24) is 9.55 Å². The van der Waals surface area contributed by atoms with Gasteiger partial charge in [0.2, 0.25) is 0 Å². The first-order valence-electron chi connectivity index (χ1n) is 5.30. The number of hydrogen-bond donors (Lipinski definition) is 1. The molecule has 0 saturated heterocycles. The van der Waals surface area contributed by atoms with E-state index in [-0.39, 0.29) is 24.0 Å². The second-order valence-corrected chi connectivity index (χ2v) is 4.47. The van der Waals surface area contributed by atoms with E-state index in [4.69, 9.17) is 10.5 Å². The molecule has 1 heterocycles. The summed E-state index contributed by atoms with van der Waals surface area (Å²) in [5, 5.41) is 0. The second kappa shape index (κ2) is 4.48. The number of carbonyl (C=O) groups excluding carboxylic acids is 2. The van der Waals surface area contributed by atoms with Crippen molar-refractivity contribution < 1.29 is 14.3 Å². The second-order valence-electron chi connectivity index (χ2n) is 3.76. The number of nitrogens with two attached hydrogens (primary N) is 1. The summed E-state index contributed by atoms with van der Waals surface area (Å²) in [5.41, 5.74) is 5.32. The van der Waals surface area contributed by atoms with E-state index in [1.54, 1.807) is 11.5 Å². The fraction of sp³-hybridized carbons (Fsp3) is 0.500. The highest BCUT2D eigenvalue weighted by Gasteiger charge is 2.34. The Labute approximate surface area is 106 Å². The van der Waals surface area contributed by atoms with Crippen molar-refractivity contribution in [3.63, 3.8) is 0 Å². The topological polar surface area (TPSA) is 87.2 Å². The monoisotopic (exact) mass is 301 g/mol. The van der Waals surface area contributed by atoms with Gasteiger partial charge in [0.25, 0.3) is 5.91 Å². The van der Waals surface area contributed by atoms with Gasteiger partial charge in [-0.25, -0.2) is 9.78 Å². The van der Waals surface area contributed by atoms with E-state index >= 15 is 0 Å². The maximum Gasteiger partial charge on any atom is 0.357 e. The van der Waals surface area contributed by atoms with E-state index < -0.39 is 11.9 Å². The zero-order valence-electron chi connectivity index (χ0n) is 9.27. The first-order chi connectivity index (χ1) is 8.06. The first kappa shape index (κ1) is 12.1. The predicted molar refractivity (Wildman–Crippen MR) is 62.7 cm³/mol. The molecule has 17 heavy (non-hydrogen) atoms. The fourth-order valence-corrected chi connectivity index (χ4v) is 2.28. The Balaban J connectivity index is 2.50. The van der Waals surface area contributed by atoms with Crippen LogP contribution in [0, 0.1) is 0 Å². The maximum atomic E-state index is 11.8. The summed E-state index contributed by atoms with van der Waals surface area (Å²) in [6, 6.07) is 0.199. The van der Waals surface area contributed by atoms with Gasteiger partial charge in [0, 0.05) is 6.04 Å². The van der Waals surface area contributed by atoms with Crippen LogP contribution >= 0.6 is 15.9 Å². The molecule has 0 unspecified atom stereocenters. The maximum absolute atomic E-state index is 11.8. The Morgan fingerprint density at radius 3 is 2.71 bits per heavy atom. The molecule has 0 aromatic carbocycles. The third-order valence-electron chi connectivity index (χ3n) is 2.48. The quantitative estimate of drug-likeness (QED) is 0.848. The summed E-state index contributed by atoms with van der Waals surface area (Å²) in [7, 11) is 0. The summed E-state index contributed by atoms with van der Waals surface area (Å²) in [6.45, 7) is 1.94. The van der Waals surface area contributed by atoms with Crippen LogP contribution in [0.2, 0.25) is 0 Å².